The Balaban J connectivity index is 2.50. The topological polar surface area (TPSA) is 61.4 Å². The van der Waals surface area contributed by atoms with Gasteiger partial charge >= 0.3 is 12.2 Å². The first-order chi connectivity index (χ1) is 10.6. The van der Waals surface area contributed by atoms with Crippen LogP contribution in [0.15, 0.2) is 24.3 Å². The summed E-state index contributed by atoms with van der Waals surface area (Å²) in [6, 6.07) is 4.11. The highest BCUT2D eigenvalue weighted by Gasteiger charge is 2.29. The summed E-state index contributed by atoms with van der Waals surface area (Å²) in [7, 11) is 0. The molecule has 0 bridgehead atoms. The molecule has 0 fully saturated rings. The fourth-order valence-electron chi connectivity index (χ4n) is 2.01. The lowest BCUT2D eigenvalue weighted by Crippen LogP contribution is -2.47. The van der Waals surface area contributed by atoms with Crippen LogP contribution in [0.25, 0.3) is 0 Å². The highest BCUT2D eigenvalue weighted by atomic mass is 19.4. The zero-order valence-electron chi connectivity index (χ0n) is 13.4. The maximum Gasteiger partial charge on any atom is 0.416 e. The average molecular weight is 332 g/mol. The summed E-state index contributed by atoms with van der Waals surface area (Å²) in [5, 5.41) is 14.5. The van der Waals surface area contributed by atoms with Crippen molar-refractivity contribution in [2.75, 3.05) is 6.61 Å². The van der Waals surface area contributed by atoms with E-state index < -0.39 is 11.7 Å². The molecule has 0 heterocycles. The molecule has 3 N–H and O–H groups in total. The molecule has 0 saturated heterocycles. The van der Waals surface area contributed by atoms with Gasteiger partial charge in [-0.05, 0) is 43.9 Å². The molecule has 7 heteroatoms. The van der Waals surface area contributed by atoms with Gasteiger partial charge in [-0.1, -0.05) is 19.1 Å². The van der Waals surface area contributed by atoms with E-state index in [1.54, 1.807) is 13.8 Å². The molecule has 4 nitrogen and oxygen atoms in total. The molecule has 0 aliphatic carbocycles. The molecular formula is C16H23F3N2O2. The number of nitrogens with one attached hydrogen (secondary N) is 2. The number of carbonyl (C=O) groups is 1. The van der Waals surface area contributed by atoms with E-state index in [9.17, 15) is 18.0 Å². The minimum atomic E-state index is -4.35. The second kappa shape index (κ2) is 8.19. The Bertz CT molecular complexity index is 503. The summed E-state index contributed by atoms with van der Waals surface area (Å²) in [5.74, 6) is -0.0639. The van der Waals surface area contributed by atoms with Crippen molar-refractivity contribution in [1.29, 1.82) is 0 Å². The van der Waals surface area contributed by atoms with Gasteiger partial charge in [-0.3, -0.25) is 0 Å². The van der Waals surface area contributed by atoms with Crippen LogP contribution in [0.4, 0.5) is 18.0 Å². The molecule has 0 saturated carbocycles. The molecule has 0 spiro atoms. The van der Waals surface area contributed by atoms with Gasteiger partial charge in [0.2, 0.25) is 0 Å². The van der Waals surface area contributed by atoms with Crippen molar-refractivity contribution >= 4 is 6.03 Å². The number of carbonyl (C=O) groups excluding carboxylic acids is 1. The zero-order chi connectivity index (χ0) is 17.6. The van der Waals surface area contributed by atoms with Crippen molar-refractivity contribution < 1.29 is 23.1 Å². The Kier molecular flexibility index (Phi) is 6.87. The van der Waals surface area contributed by atoms with Gasteiger partial charge in [-0.15, -0.1) is 0 Å². The van der Waals surface area contributed by atoms with E-state index >= 15 is 0 Å². The van der Waals surface area contributed by atoms with E-state index in [-0.39, 0.29) is 30.6 Å². The number of hydrogen-bond acceptors (Lipinski definition) is 2. The molecule has 0 aromatic heterocycles. The number of halogens is 3. The van der Waals surface area contributed by atoms with Crippen molar-refractivity contribution in [3.63, 3.8) is 0 Å². The first-order valence-electron chi connectivity index (χ1n) is 7.47. The third kappa shape index (κ3) is 6.48. The van der Waals surface area contributed by atoms with Gasteiger partial charge in [0.15, 0.2) is 0 Å². The summed E-state index contributed by atoms with van der Waals surface area (Å²) >= 11 is 0. The van der Waals surface area contributed by atoms with Gasteiger partial charge in [0.05, 0.1) is 5.56 Å². The molecule has 0 radical (unpaired) electrons. The fourth-order valence-corrected chi connectivity index (χ4v) is 2.01. The highest BCUT2D eigenvalue weighted by Crippen LogP contribution is 2.29. The average Bonchev–Trinajstić information content (AvgIpc) is 2.45. The Morgan fingerprint density at radius 1 is 1.13 bits per heavy atom. The van der Waals surface area contributed by atoms with Crippen molar-refractivity contribution in [2.24, 2.45) is 5.92 Å². The summed E-state index contributed by atoms with van der Waals surface area (Å²) < 4.78 is 37.5. The number of aliphatic hydroxyl groups is 1. The van der Waals surface area contributed by atoms with Crippen LogP contribution < -0.4 is 10.6 Å². The predicted molar refractivity (Wildman–Crippen MR) is 82.0 cm³/mol. The van der Waals surface area contributed by atoms with Gasteiger partial charge in [-0.2, -0.15) is 13.2 Å². The number of rotatable bonds is 6. The first kappa shape index (κ1) is 19.3. The van der Waals surface area contributed by atoms with Crippen molar-refractivity contribution in [2.45, 2.75) is 45.5 Å². The Hall–Kier alpha value is -1.76. The highest BCUT2D eigenvalue weighted by molar-refractivity contribution is 5.74. The van der Waals surface area contributed by atoms with Crippen LogP contribution in [0.5, 0.6) is 0 Å². The lowest BCUT2D eigenvalue weighted by Gasteiger charge is -2.21. The third-order valence-corrected chi connectivity index (χ3v) is 3.70. The van der Waals surface area contributed by atoms with Gasteiger partial charge in [0, 0.05) is 18.7 Å². The summed E-state index contributed by atoms with van der Waals surface area (Å²) in [4.78, 5) is 11.8. The van der Waals surface area contributed by atoms with Gasteiger partial charge < -0.3 is 15.7 Å². The van der Waals surface area contributed by atoms with Crippen LogP contribution in [0.2, 0.25) is 0 Å². The second-order valence-electron chi connectivity index (χ2n) is 5.87. The zero-order valence-corrected chi connectivity index (χ0v) is 13.4. The molecule has 3 atom stereocenters. The number of hydrogen-bond donors (Lipinski definition) is 3. The van der Waals surface area contributed by atoms with Crippen molar-refractivity contribution in [3.05, 3.63) is 35.4 Å². The van der Waals surface area contributed by atoms with Crippen molar-refractivity contribution in [1.82, 2.24) is 10.6 Å². The monoisotopic (exact) mass is 332 g/mol. The molecule has 1 aromatic rings. The molecule has 0 aliphatic heterocycles. The number of benzene rings is 1. The minimum absolute atomic E-state index is 0.0252. The number of amides is 2. The van der Waals surface area contributed by atoms with E-state index in [2.05, 4.69) is 10.6 Å². The van der Waals surface area contributed by atoms with Gasteiger partial charge in [0.1, 0.15) is 0 Å². The Morgan fingerprint density at radius 2 is 1.70 bits per heavy atom. The van der Waals surface area contributed by atoms with E-state index in [0.29, 0.717) is 12.0 Å². The van der Waals surface area contributed by atoms with E-state index in [1.807, 2.05) is 6.92 Å². The lowest BCUT2D eigenvalue weighted by atomic mass is 10.0. The number of alkyl halides is 3. The minimum Gasteiger partial charge on any atom is -0.396 e. The standard InChI is InChI=1S/C16H23F3N2O2/c1-10(9-22)12(3)21-15(23)20-11(2)8-13-4-6-14(7-5-13)16(17,18)19/h4-7,10-12,22H,8-9H2,1-3H3,(H2,20,21,23). The first-order valence-corrected chi connectivity index (χ1v) is 7.47. The third-order valence-electron chi connectivity index (χ3n) is 3.70. The van der Waals surface area contributed by atoms with E-state index in [0.717, 1.165) is 12.1 Å². The smallest absolute Gasteiger partial charge is 0.396 e. The normalized spacial score (nSPS) is 15.6. The summed E-state index contributed by atoms with van der Waals surface area (Å²) in [6.45, 7) is 5.36. The maximum absolute atomic E-state index is 12.5. The fraction of sp³-hybridized carbons (Fsp3) is 0.562. The Labute approximate surface area is 134 Å². The van der Waals surface area contributed by atoms with E-state index in [1.165, 1.54) is 12.1 Å². The SMILES string of the molecule is CC(Cc1ccc(C(F)(F)F)cc1)NC(=O)NC(C)C(C)CO. The van der Waals surface area contributed by atoms with Crippen LogP contribution in [-0.4, -0.2) is 29.8 Å². The molecule has 3 unspecified atom stereocenters. The summed E-state index contributed by atoms with van der Waals surface area (Å²) in [5.41, 5.74) is 0.0222. The molecule has 23 heavy (non-hydrogen) atoms. The molecular weight excluding hydrogens is 309 g/mol. The second-order valence-corrected chi connectivity index (χ2v) is 5.87. The quantitative estimate of drug-likeness (QED) is 0.750. The van der Waals surface area contributed by atoms with Gasteiger partial charge in [-0.25, -0.2) is 4.79 Å². The van der Waals surface area contributed by atoms with Crippen LogP contribution >= 0.6 is 0 Å². The molecule has 0 aliphatic rings. The number of aliphatic hydroxyl groups excluding tert-OH is 1. The van der Waals surface area contributed by atoms with Crippen LogP contribution in [-0.2, 0) is 12.6 Å². The van der Waals surface area contributed by atoms with Crippen molar-refractivity contribution in [3.8, 4) is 0 Å². The molecule has 130 valence electrons. The van der Waals surface area contributed by atoms with Crippen LogP contribution in [0.1, 0.15) is 31.9 Å². The summed E-state index contributed by atoms with van der Waals surface area (Å²) in [6.07, 6.45) is -3.92. The van der Waals surface area contributed by atoms with Crippen LogP contribution in [0.3, 0.4) is 0 Å². The van der Waals surface area contributed by atoms with Crippen LogP contribution in [0, 0.1) is 5.92 Å². The lowest BCUT2D eigenvalue weighted by molar-refractivity contribution is -0.137. The van der Waals surface area contributed by atoms with Gasteiger partial charge in [0.25, 0.3) is 0 Å². The number of urea groups is 1. The predicted octanol–water partition coefficient (Wildman–Crippen LogP) is 2.95. The molecule has 1 rings (SSSR count). The maximum atomic E-state index is 12.5. The van der Waals surface area contributed by atoms with E-state index in [4.69, 9.17) is 5.11 Å². The Morgan fingerprint density at radius 3 is 2.17 bits per heavy atom. The molecule has 1 aromatic carbocycles. The largest absolute Gasteiger partial charge is 0.416 e. The molecule has 2 amide bonds.